The van der Waals surface area contributed by atoms with Gasteiger partial charge in [0, 0.05) is 148 Å². The van der Waals surface area contributed by atoms with E-state index in [-0.39, 0.29) is 144 Å². The van der Waals surface area contributed by atoms with Gasteiger partial charge in [-0.1, -0.05) is 111 Å². The Bertz CT molecular complexity index is 4960. The second-order valence-corrected chi connectivity index (χ2v) is 35.3. The van der Waals surface area contributed by atoms with Crippen LogP contribution in [-0.4, -0.2) is 201 Å². The number of aryl methyl sites for hydroxylation is 4. The van der Waals surface area contributed by atoms with E-state index in [1.54, 1.807) is 39.8 Å². The zero-order chi connectivity index (χ0) is 111. The van der Waals surface area contributed by atoms with E-state index in [1.165, 1.54) is 86.5 Å². The van der Waals surface area contributed by atoms with Crippen molar-refractivity contribution in [2.24, 2.45) is 93.9 Å². The first-order valence-electron chi connectivity index (χ1n) is 55.1. The maximum Gasteiger partial charge on any atom is 0.323 e. The Kier molecular flexibility index (Phi) is 24.0. The molecule has 12 rings (SSSR count). The molecule has 4 saturated heterocycles. The third-order valence-corrected chi connectivity index (χ3v) is 23.3. The first-order chi connectivity index (χ1) is 66.7. The summed E-state index contributed by atoms with van der Waals surface area (Å²) in [7, 11) is 2.76. The number of nitrogens with zero attached hydrogens (tertiary/aromatic N) is 4. The number of fused-ring (bicyclic) bond motifs is 12. The number of esters is 4. The van der Waals surface area contributed by atoms with E-state index in [0.29, 0.717) is 70.9 Å². The zero-order valence-electron chi connectivity index (χ0n) is 100. The van der Waals surface area contributed by atoms with E-state index < -0.39 is 186 Å². The van der Waals surface area contributed by atoms with Crippen molar-refractivity contribution in [1.82, 2.24) is 19.6 Å². The molecule has 0 aliphatic carbocycles. The molecule has 8 N–H and O–H groups in total. The van der Waals surface area contributed by atoms with Crippen LogP contribution >= 0.6 is 0 Å². The van der Waals surface area contributed by atoms with Gasteiger partial charge in [0.1, 0.15) is 48.5 Å². The molecule has 4 fully saturated rings. The quantitative estimate of drug-likeness (QED) is 0.0303. The van der Waals surface area contributed by atoms with Gasteiger partial charge in [-0.15, -0.1) is 0 Å². The lowest BCUT2D eigenvalue weighted by Crippen LogP contribution is -2.51. The number of carbonyl (C=O) groups excluding carboxylic acids is 4. The highest BCUT2D eigenvalue weighted by Gasteiger charge is 2.47. The molecule has 4 aromatic rings. The third-order valence-electron chi connectivity index (χ3n) is 23.3. The standard InChI is InChI=1S/4C24H38N2O4/c4*1-14(2)9-17-13-26-8-7-16-10-21(28-5)22(29-6)11-18(16)19(26)12-20(17)30-24(27)23(25)15(3)4/h4*10-11,14-15,17,19-20,23H,7-9,12-13,25H2,1-6H3/t4*17?,19?,20?,23-/m0000/s1/i2*5D3,7D2,8D2,20D;2*7D2,8D2,20D. The first-order valence-corrected chi connectivity index (χ1v) is 42.1. The molecule has 0 radical (unpaired) electrons. The number of carbonyl (C=O) groups is 4. The van der Waals surface area contributed by atoms with Crippen molar-refractivity contribution in [3.05, 3.63) is 93.0 Å². The first kappa shape index (κ1) is 65.5. The van der Waals surface area contributed by atoms with Crippen LogP contribution in [-0.2, 0) is 63.6 Å². The molecule has 0 bridgehead atoms. The van der Waals surface area contributed by atoms with Crippen molar-refractivity contribution in [1.29, 1.82) is 0 Å². The summed E-state index contributed by atoms with van der Waals surface area (Å²) in [4.78, 5) is 57.2. The molecule has 8 aliphatic heterocycles. The van der Waals surface area contributed by atoms with Crippen LogP contribution < -0.4 is 60.8 Å². The molecule has 4 aromatic carbocycles. The molecule has 24 heteroatoms. The maximum absolute atomic E-state index is 12.9. The van der Waals surface area contributed by atoms with E-state index in [0.717, 1.165) is 12.1 Å². The Morgan fingerprint density at radius 2 is 0.517 bits per heavy atom. The van der Waals surface area contributed by atoms with Gasteiger partial charge in [-0.25, -0.2) is 0 Å². The van der Waals surface area contributed by atoms with E-state index in [9.17, 15) is 24.7 Å². The van der Waals surface area contributed by atoms with Gasteiger partial charge in [-0.3, -0.25) is 38.8 Å². The molecule has 8 heterocycles. The second-order valence-electron chi connectivity index (χ2n) is 35.3. The van der Waals surface area contributed by atoms with Gasteiger partial charge in [0.05, 0.1) is 70.4 Å². The number of ether oxygens (including phenoxy) is 12. The maximum atomic E-state index is 12.9. The summed E-state index contributed by atoms with van der Waals surface area (Å²) in [6, 6.07) is 4.58. The Labute approximate surface area is 755 Å². The molecule has 16 atom stereocenters. The zero-order valence-corrected chi connectivity index (χ0v) is 74.3. The van der Waals surface area contributed by atoms with Crippen LogP contribution in [0.15, 0.2) is 48.5 Å². The lowest BCUT2D eigenvalue weighted by atomic mass is 9.79. The normalized spacial score (nSPS) is 34.1. The topological polar surface area (TPSA) is 296 Å². The summed E-state index contributed by atoms with van der Waals surface area (Å²) in [5, 5.41) is 0. The Morgan fingerprint density at radius 3 is 0.683 bits per heavy atom. The minimum absolute atomic E-state index is 0.0248. The number of nitrogens with two attached hydrogens (primary N) is 4. The SMILES string of the molecule is [2H]C([2H])([2H])Oc1cc2c(cc1OC)C1CC([2H])(OC(=O)[C@@H](N)C(C)C)C(CC(C)C)CN1C([2H])([2H])C2([2H])[2H].[2H]C([2H])([2H])Oc1cc2c(cc1OC)C1CC([2H])(OC(=O)[C@@H](N)C(C)C)C(CC(C)C)CN1C([2H])([2H])C2([2H])[2H].[2H]C1(OC(=O)[C@@H](N)C(C)C)CC2c3cc(OC)c(OC)cc3C([2H])([2H])C([2H])([2H])N2CC1CC(C)C.[2H]C1(OC(=O)[C@@H](N)C(C)C)CC2c3cc(OC)c(OC)cc3C([2H])([2H])C([2H])([2H])N2CC1CC(C)C. The van der Waals surface area contributed by atoms with Crippen molar-refractivity contribution in [2.45, 2.75) is 260 Å². The number of benzene rings is 4. The lowest BCUT2D eigenvalue weighted by Gasteiger charge is -2.47. The van der Waals surface area contributed by atoms with Gasteiger partial charge in [-0.05, 0) is 192 Å². The van der Waals surface area contributed by atoms with Crippen LogP contribution in [0.2, 0.25) is 0 Å². The van der Waals surface area contributed by atoms with E-state index in [4.69, 9.17) is 110 Å². The molecule has 0 spiro atoms. The minimum atomic E-state index is -2.84. The Morgan fingerprint density at radius 1 is 0.333 bits per heavy atom. The van der Waals surface area contributed by atoms with Crippen molar-refractivity contribution in [3.63, 3.8) is 0 Å². The van der Waals surface area contributed by atoms with Gasteiger partial charge < -0.3 is 79.8 Å². The van der Waals surface area contributed by atoms with Crippen LogP contribution in [0.1, 0.15) is 266 Å². The fourth-order valence-electron chi connectivity index (χ4n) is 16.3. The van der Waals surface area contributed by atoms with Crippen molar-refractivity contribution >= 4 is 23.9 Å². The number of hydrogen-bond donors (Lipinski definition) is 4. The molecule has 0 amide bonds. The largest absolute Gasteiger partial charge is 0.493 e. The van der Waals surface area contributed by atoms with E-state index in [2.05, 4.69) is 0 Å². The van der Waals surface area contributed by atoms with Crippen molar-refractivity contribution in [3.8, 4) is 46.0 Å². The smallest absolute Gasteiger partial charge is 0.323 e. The van der Waals surface area contributed by atoms with Crippen LogP contribution in [0, 0.1) is 71.0 Å². The summed E-state index contributed by atoms with van der Waals surface area (Å²) in [5.41, 5.74) is 25.8. The van der Waals surface area contributed by atoms with Crippen LogP contribution in [0.25, 0.3) is 0 Å². The Balaban J connectivity index is 0.000000217. The Hall–Kier alpha value is -7.16. The number of hydrogen-bond acceptors (Lipinski definition) is 24. The second kappa shape index (κ2) is 43.9. The summed E-state index contributed by atoms with van der Waals surface area (Å²) < 4.78 is 288. The van der Waals surface area contributed by atoms with Crippen LogP contribution in [0.4, 0.5) is 0 Å². The molecule has 0 aromatic heterocycles. The van der Waals surface area contributed by atoms with Gasteiger partial charge in [-0.2, -0.15) is 0 Å². The highest BCUT2D eigenvalue weighted by Crippen LogP contribution is 2.50. The molecule has 8 aliphatic rings. The molecule has 12 unspecified atom stereocenters. The molecular formula is C96H152N8O16. The highest BCUT2D eigenvalue weighted by atomic mass is 16.6. The average Bonchev–Trinajstić information content (AvgIpc) is 0.714. The van der Waals surface area contributed by atoms with Crippen LogP contribution in [0.3, 0.4) is 0 Å². The molecule has 0 saturated carbocycles. The molecule has 672 valence electrons. The molecular weight excluding hydrogens is 1520 g/mol. The lowest BCUT2D eigenvalue weighted by molar-refractivity contribution is -0.161. The van der Waals surface area contributed by atoms with Gasteiger partial charge >= 0.3 is 23.9 Å². The van der Waals surface area contributed by atoms with E-state index >= 15 is 0 Å². The fraction of sp³-hybridized carbons (Fsp3) is 0.708. The average molecular weight is 1700 g/mol. The number of piperidine rings is 4. The van der Waals surface area contributed by atoms with Crippen LogP contribution in [0.5, 0.6) is 46.0 Å². The summed E-state index contributed by atoms with van der Waals surface area (Å²) >= 11 is 0. The van der Waals surface area contributed by atoms with Crippen molar-refractivity contribution < 1.29 is 112 Å². The van der Waals surface area contributed by atoms with E-state index in [1.807, 2.05) is 83.1 Å². The highest BCUT2D eigenvalue weighted by molar-refractivity contribution is 5.77. The fourth-order valence-corrected chi connectivity index (χ4v) is 16.3. The summed E-state index contributed by atoms with van der Waals surface area (Å²) in [6.45, 7) is 20.3. The third kappa shape index (κ3) is 23.8. The van der Waals surface area contributed by atoms with Gasteiger partial charge in [0.2, 0.25) is 0 Å². The minimum Gasteiger partial charge on any atom is -0.493 e. The number of methoxy groups -OCH3 is 8. The summed E-state index contributed by atoms with van der Waals surface area (Å²) in [6.07, 6.45) is -15.1. The molecule has 120 heavy (non-hydrogen) atoms. The van der Waals surface area contributed by atoms with Crippen molar-refractivity contribution in [2.75, 3.05) is 109 Å². The predicted octanol–water partition coefficient (Wildman–Crippen LogP) is 14.3. The van der Waals surface area contributed by atoms with Gasteiger partial charge in [0.25, 0.3) is 0 Å². The summed E-state index contributed by atoms with van der Waals surface area (Å²) in [5.74, 6) is -4.41. The molecule has 24 nitrogen and oxygen atoms in total. The monoisotopic (exact) mass is 1700 g/mol. The number of rotatable bonds is 28. The van der Waals surface area contributed by atoms with Gasteiger partial charge in [0.15, 0.2) is 46.0 Å². The predicted molar refractivity (Wildman–Crippen MR) is 471 cm³/mol.